The van der Waals surface area contributed by atoms with Gasteiger partial charge in [-0.2, -0.15) is 0 Å². The largest absolute Gasteiger partial charge is 0.486 e. The molecule has 0 saturated heterocycles. The summed E-state index contributed by atoms with van der Waals surface area (Å²) >= 11 is 1.32. The zero-order valence-corrected chi connectivity index (χ0v) is 13.2. The van der Waals surface area contributed by atoms with Crippen LogP contribution in [0, 0.1) is 0 Å². The molecule has 1 aromatic heterocycles. The van der Waals surface area contributed by atoms with E-state index in [2.05, 4.69) is 0 Å². The molecule has 0 unspecified atom stereocenters. The maximum absolute atomic E-state index is 12.3. The summed E-state index contributed by atoms with van der Waals surface area (Å²) in [5.74, 6) is 0.986. The van der Waals surface area contributed by atoms with Crippen LogP contribution in [-0.2, 0) is 4.74 Å². The second-order valence-electron chi connectivity index (χ2n) is 5.20. The van der Waals surface area contributed by atoms with Gasteiger partial charge in [-0.25, -0.2) is 4.79 Å². The third-order valence-electron chi connectivity index (χ3n) is 3.22. The van der Waals surface area contributed by atoms with Gasteiger partial charge in [0.2, 0.25) is 0 Å². The smallest absolute Gasteiger partial charge is 0.342 e. The number of anilines is 1. The van der Waals surface area contributed by atoms with Crippen LogP contribution >= 0.6 is 11.3 Å². The number of carbonyl (C=O) groups is 1. The highest BCUT2D eigenvalue weighted by Crippen LogP contribution is 2.39. The minimum absolute atomic E-state index is 0.195. The van der Waals surface area contributed by atoms with E-state index in [1.54, 1.807) is 0 Å². The lowest BCUT2D eigenvalue weighted by molar-refractivity contribution is 0.0380. The van der Waals surface area contributed by atoms with Crippen LogP contribution in [0.5, 0.6) is 11.5 Å². The van der Waals surface area contributed by atoms with Gasteiger partial charge in [-0.1, -0.05) is 6.07 Å². The number of esters is 1. The Balaban J connectivity index is 2.00. The lowest BCUT2D eigenvalue weighted by Crippen LogP contribution is -2.15. The van der Waals surface area contributed by atoms with E-state index in [0.29, 0.717) is 35.3 Å². The van der Waals surface area contributed by atoms with Crippen LogP contribution in [0.1, 0.15) is 24.2 Å². The monoisotopic (exact) mass is 319 g/mol. The fraction of sp³-hybridized carbons (Fsp3) is 0.312. The van der Waals surface area contributed by atoms with Crippen molar-refractivity contribution in [1.82, 2.24) is 0 Å². The van der Waals surface area contributed by atoms with Crippen molar-refractivity contribution in [2.75, 3.05) is 18.9 Å². The van der Waals surface area contributed by atoms with Crippen LogP contribution in [0.3, 0.4) is 0 Å². The Labute approximate surface area is 132 Å². The topological polar surface area (TPSA) is 70.8 Å². The first kappa shape index (κ1) is 14.7. The number of nitrogens with two attached hydrogens (primary N) is 1. The predicted octanol–water partition coefficient (Wildman–Crippen LogP) is 3.33. The minimum Gasteiger partial charge on any atom is -0.486 e. The van der Waals surface area contributed by atoms with E-state index in [4.69, 9.17) is 19.9 Å². The Hall–Kier alpha value is -2.21. The molecule has 2 heterocycles. The van der Waals surface area contributed by atoms with Gasteiger partial charge in [-0.15, -0.1) is 11.3 Å². The van der Waals surface area contributed by atoms with Gasteiger partial charge in [0, 0.05) is 10.9 Å². The molecule has 2 N–H and O–H groups in total. The van der Waals surface area contributed by atoms with Gasteiger partial charge >= 0.3 is 5.97 Å². The number of fused-ring (bicyclic) bond motifs is 1. The van der Waals surface area contributed by atoms with Gasteiger partial charge in [0.05, 0.1) is 6.10 Å². The van der Waals surface area contributed by atoms with Crippen molar-refractivity contribution in [1.29, 1.82) is 0 Å². The number of rotatable bonds is 3. The molecule has 0 radical (unpaired) electrons. The average Bonchev–Trinajstić information content (AvgIpc) is 2.88. The van der Waals surface area contributed by atoms with Gasteiger partial charge in [0.1, 0.15) is 23.8 Å². The lowest BCUT2D eigenvalue weighted by Gasteiger charge is -2.19. The van der Waals surface area contributed by atoms with Gasteiger partial charge in [0.25, 0.3) is 0 Å². The van der Waals surface area contributed by atoms with E-state index < -0.39 is 5.97 Å². The average molecular weight is 319 g/mol. The number of nitrogen functional groups attached to an aromatic ring is 1. The normalized spacial score (nSPS) is 13.2. The first-order chi connectivity index (χ1) is 10.6. The van der Waals surface area contributed by atoms with Crippen LogP contribution in [0.15, 0.2) is 23.6 Å². The highest BCUT2D eigenvalue weighted by molar-refractivity contribution is 7.14. The first-order valence-corrected chi connectivity index (χ1v) is 7.92. The van der Waals surface area contributed by atoms with Gasteiger partial charge in [-0.3, -0.25) is 0 Å². The number of benzene rings is 1. The quantitative estimate of drug-likeness (QED) is 0.879. The van der Waals surface area contributed by atoms with E-state index in [-0.39, 0.29) is 6.10 Å². The zero-order valence-electron chi connectivity index (χ0n) is 12.4. The Morgan fingerprint density at radius 1 is 1.27 bits per heavy atom. The molecular weight excluding hydrogens is 302 g/mol. The molecule has 5 nitrogen and oxygen atoms in total. The summed E-state index contributed by atoms with van der Waals surface area (Å²) in [5.41, 5.74) is 7.98. The molecule has 2 aromatic rings. The molecule has 3 rings (SSSR count). The van der Waals surface area contributed by atoms with Crippen molar-refractivity contribution in [3.05, 3.63) is 29.1 Å². The van der Waals surface area contributed by atoms with Crippen molar-refractivity contribution < 1.29 is 19.0 Å². The molecule has 116 valence electrons. The van der Waals surface area contributed by atoms with Crippen molar-refractivity contribution in [3.63, 3.8) is 0 Å². The van der Waals surface area contributed by atoms with Crippen LogP contribution in [0.2, 0.25) is 0 Å². The zero-order chi connectivity index (χ0) is 15.7. The Bertz CT molecular complexity index is 708. The number of thiophene rings is 1. The highest BCUT2D eigenvalue weighted by atomic mass is 32.1. The summed E-state index contributed by atoms with van der Waals surface area (Å²) in [4.78, 5) is 12.3. The molecular formula is C16H17NO4S. The van der Waals surface area contributed by atoms with Crippen LogP contribution in [-0.4, -0.2) is 25.3 Å². The molecule has 1 aliphatic rings. The molecule has 0 atom stereocenters. The number of carbonyl (C=O) groups excluding carboxylic acids is 1. The number of hydrogen-bond donors (Lipinski definition) is 1. The van der Waals surface area contributed by atoms with Crippen molar-refractivity contribution in [2.24, 2.45) is 0 Å². The van der Waals surface area contributed by atoms with Crippen LogP contribution in [0.25, 0.3) is 11.1 Å². The predicted molar refractivity (Wildman–Crippen MR) is 85.7 cm³/mol. The maximum atomic E-state index is 12.3. The van der Waals surface area contributed by atoms with E-state index in [9.17, 15) is 4.79 Å². The van der Waals surface area contributed by atoms with E-state index in [1.165, 1.54) is 11.3 Å². The Morgan fingerprint density at radius 2 is 2.00 bits per heavy atom. The number of ether oxygens (including phenoxy) is 3. The summed E-state index contributed by atoms with van der Waals surface area (Å²) in [5, 5.41) is 2.31. The fourth-order valence-electron chi connectivity index (χ4n) is 2.28. The maximum Gasteiger partial charge on any atom is 0.342 e. The number of hydrogen-bond acceptors (Lipinski definition) is 6. The third kappa shape index (κ3) is 2.74. The van der Waals surface area contributed by atoms with Gasteiger partial charge in [0.15, 0.2) is 11.5 Å². The minimum atomic E-state index is -0.404. The summed E-state index contributed by atoms with van der Waals surface area (Å²) in [6.07, 6.45) is -0.195. The summed E-state index contributed by atoms with van der Waals surface area (Å²) < 4.78 is 16.4. The third-order valence-corrected chi connectivity index (χ3v) is 4.03. The summed E-state index contributed by atoms with van der Waals surface area (Å²) in [6.45, 7) is 4.68. The Kier molecular flexibility index (Phi) is 3.94. The Morgan fingerprint density at radius 3 is 2.73 bits per heavy atom. The molecule has 0 amide bonds. The molecule has 22 heavy (non-hydrogen) atoms. The molecule has 0 fully saturated rings. The second kappa shape index (κ2) is 5.88. The molecule has 0 saturated carbocycles. The molecule has 0 bridgehead atoms. The first-order valence-electron chi connectivity index (χ1n) is 7.04. The molecule has 6 heteroatoms. The van der Waals surface area contributed by atoms with Crippen LogP contribution in [0.4, 0.5) is 5.00 Å². The van der Waals surface area contributed by atoms with Gasteiger partial charge < -0.3 is 19.9 Å². The molecule has 1 aromatic carbocycles. The summed E-state index contributed by atoms with van der Waals surface area (Å²) in [6, 6.07) is 5.60. The molecule has 0 spiro atoms. The fourth-order valence-corrected chi connectivity index (χ4v) is 3.09. The summed E-state index contributed by atoms with van der Waals surface area (Å²) in [7, 11) is 0. The van der Waals surface area contributed by atoms with Crippen LogP contribution < -0.4 is 15.2 Å². The van der Waals surface area contributed by atoms with E-state index >= 15 is 0 Å². The standard InChI is InChI=1S/C16H17NO4S/c1-9(2)21-16(18)14-11(8-22-15(14)17)10-3-4-12-13(7-10)20-6-5-19-12/h3-4,7-9H,5-6,17H2,1-2H3. The highest BCUT2D eigenvalue weighted by Gasteiger charge is 2.22. The second-order valence-corrected chi connectivity index (χ2v) is 6.11. The molecule has 0 aliphatic carbocycles. The van der Waals surface area contributed by atoms with Gasteiger partial charge in [-0.05, 0) is 31.5 Å². The van der Waals surface area contributed by atoms with Crippen molar-refractivity contribution >= 4 is 22.3 Å². The van der Waals surface area contributed by atoms with Crippen molar-refractivity contribution in [2.45, 2.75) is 20.0 Å². The van der Waals surface area contributed by atoms with Crippen molar-refractivity contribution in [3.8, 4) is 22.6 Å². The van der Waals surface area contributed by atoms with E-state index in [1.807, 2.05) is 37.4 Å². The van der Waals surface area contributed by atoms with E-state index in [0.717, 1.165) is 11.1 Å². The lowest BCUT2D eigenvalue weighted by atomic mass is 10.0. The molecule has 1 aliphatic heterocycles. The SMILES string of the molecule is CC(C)OC(=O)c1c(-c2ccc3c(c2)OCCO3)csc1N.